The van der Waals surface area contributed by atoms with Crippen molar-refractivity contribution in [2.75, 3.05) is 26.1 Å². The van der Waals surface area contributed by atoms with Crippen molar-refractivity contribution in [3.05, 3.63) is 53.1 Å². The van der Waals surface area contributed by atoms with Gasteiger partial charge in [-0.25, -0.2) is 0 Å². The number of benzene rings is 2. The average Bonchev–Trinajstić information content (AvgIpc) is 2.59. The van der Waals surface area contributed by atoms with Crippen molar-refractivity contribution in [3.63, 3.8) is 0 Å². The molecule has 2 rings (SSSR count). The summed E-state index contributed by atoms with van der Waals surface area (Å²) in [6.07, 6.45) is 0.890. The molecular formula is C21H29N3O2. The zero-order valence-electron chi connectivity index (χ0n) is 16.3. The van der Waals surface area contributed by atoms with E-state index in [0.717, 1.165) is 23.6 Å². The largest absolute Gasteiger partial charge is 0.493 e. The van der Waals surface area contributed by atoms with Crippen molar-refractivity contribution < 1.29 is 9.47 Å². The molecule has 5 heteroatoms. The Bertz CT molecular complexity index is 752. The Morgan fingerprint density at radius 3 is 2.31 bits per heavy atom. The maximum absolute atomic E-state index is 6.03. The van der Waals surface area contributed by atoms with Gasteiger partial charge in [0.1, 0.15) is 0 Å². The predicted molar refractivity (Wildman–Crippen MR) is 108 cm³/mol. The van der Waals surface area contributed by atoms with Gasteiger partial charge in [0.2, 0.25) is 0 Å². The SMILES string of the molecule is COc1ccc(CC(C)CN=C(N)Nc2cc(C)cc(C)c2)cc1OC. The van der Waals surface area contributed by atoms with E-state index in [1.807, 2.05) is 12.1 Å². The number of aliphatic imine (C=N–C) groups is 1. The summed E-state index contributed by atoms with van der Waals surface area (Å²) in [5.74, 6) is 2.28. The maximum Gasteiger partial charge on any atom is 0.193 e. The van der Waals surface area contributed by atoms with Gasteiger partial charge in [0.15, 0.2) is 17.5 Å². The van der Waals surface area contributed by atoms with E-state index < -0.39 is 0 Å². The Labute approximate surface area is 156 Å². The summed E-state index contributed by atoms with van der Waals surface area (Å²) in [5, 5.41) is 3.17. The van der Waals surface area contributed by atoms with E-state index >= 15 is 0 Å². The molecule has 2 aromatic carbocycles. The van der Waals surface area contributed by atoms with Crippen LogP contribution in [0.15, 0.2) is 41.4 Å². The van der Waals surface area contributed by atoms with Gasteiger partial charge in [-0.05, 0) is 67.1 Å². The van der Waals surface area contributed by atoms with E-state index in [4.69, 9.17) is 15.2 Å². The van der Waals surface area contributed by atoms with Crippen molar-refractivity contribution in [2.45, 2.75) is 27.2 Å². The number of ether oxygens (including phenoxy) is 2. The molecule has 0 aliphatic rings. The topological polar surface area (TPSA) is 68.9 Å². The number of rotatable bonds is 7. The van der Waals surface area contributed by atoms with Gasteiger partial charge in [-0.15, -0.1) is 0 Å². The fraction of sp³-hybridized carbons (Fsp3) is 0.381. The Hall–Kier alpha value is -2.69. The number of hydrogen-bond donors (Lipinski definition) is 2. The zero-order chi connectivity index (χ0) is 19.1. The number of nitrogens with zero attached hydrogens (tertiary/aromatic N) is 1. The molecule has 0 fully saturated rings. The van der Waals surface area contributed by atoms with Gasteiger partial charge >= 0.3 is 0 Å². The third kappa shape index (κ3) is 5.69. The first-order valence-corrected chi connectivity index (χ1v) is 8.77. The van der Waals surface area contributed by atoms with Crippen LogP contribution in [-0.4, -0.2) is 26.7 Å². The monoisotopic (exact) mass is 355 g/mol. The number of aryl methyl sites for hydroxylation is 2. The number of methoxy groups -OCH3 is 2. The van der Waals surface area contributed by atoms with Crippen molar-refractivity contribution in [3.8, 4) is 11.5 Å². The Morgan fingerprint density at radius 1 is 1.04 bits per heavy atom. The highest BCUT2D eigenvalue weighted by Crippen LogP contribution is 2.28. The smallest absolute Gasteiger partial charge is 0.193 e. The first-order valence-electron chi connectivity index (χ1n) is 8.77. The molecule has 0 spiro atoms. The first-order chi connectivity index (χ1) is 12.4. The van der Waals surface area contributed by atoms with Gasteiger partial charge in [-0.2, -0.15) is 0 Å². The van der Waals surface area contributed by atoms with E-state index in [-0.39, 0.29) is 0 Å². The fourth-order valence-electron chi connectivity index (χ4n) is 2.96. The normalized spacial score (nSPS) is 12.6. The van der Waals surface area contributed by atoms with Crippen LogP contribution in [0.1, 0.15) is 23.6 Å². The molecule has 5 nitrogen and oxygen atoms in total. The maximum atomic E-state index is 6.03. The van der Waals surface area contributed by atoms with Crippen LogP contribution in [0.3, 0.4) is 0 Å². The Kier molecular flexibility index (Phi) is 6.89. The Morgan fingerprint density at radius 2 is 1.69 bits per heavy atom. The Balaban J connectivity index is 1.94. The van der Waals surface area contributed by atoms with Crippen LogP contribution in [0.4, 0.5) is 5.69 Å². The van der Waals surface area contributed by atoms with Gasteiger partial charge in [-0.1, -0.05) is 19.1 Å². The number of nitrogens with one attached hydrogen (secondary N) is 1. The van der Waals surface area contributed by atoms with E-state index in [0.29, 0.717) is 18.4 Å². The molecule has 1 atom stereocenters. The molecule has 0 amide bonds. The van der Waals surface area contributed by atoms with Crippen LogP contribution in [0.5, 0.6) is 11.5 Å². The summed E-state index contributed by atoms with van der Waals surface area (Å²) in [5.41, 5.74) is 10.6. The van der Waals surface area contributed by atoms with E-state index in [2.05, 4.69) is 55.3 Å². The first kappa shape index (κ1) is 19.6. The van der Waals surface area contributed by atoms with E-state index in [9.17, 15) is 0 Å². The molecule has 0 radical (unpaired) electrons. The second-order valence-electron chi connectivity index (χ2n) is 6.73. The minimum absolute atomic E-state index is 0.354. The van der Waals surface area contributed by atoms with Crippen LogP contribution in [0, 0.1) is 19.8 Å². The minimum Gasteiger partial charge on any atom is -0.493 e. The molecule has 0 saturated carbocycles. The average molecular weight is 355 g/mol. The number of anilines is 1. The van der Waals surface area contributed by atoms with Gasteiger partial charge in [0, 0.05) is 12.2 Å². The molecular weight excluding hydrogens is 326 g/mol. The van der Waals surface area contributed by atoms with Crippen LogP contribution in [0.25, 0.3) is 0 Å². The molecule has 0 bridgehead atoms. The fourth-order valence-corrected chi connectivity index (χ4v) is 2.96. The highest BCUT2D eigenvalue weighted by atomic mass is 16.5. The van der Waals surface area contributed by atoms with Crippen molar-refractivity contribution in [1.29, 1.82) is 0 Å². The van der Waals surface area contributed by atoms with Crippen LogP contribution < -0.4 is 20.5 Å². The summed E-state index contributed by atoms with van der Waals surface area (Å²) in [6, 6.07) is 12.2. The molecule has 26 heavy (non-hydrogen) atoms. The van der Waals surface area contributed by atoms with Crippen LogP contribution >= 0.6 is 0 Å². The number of guanidine groups is 1. The highest BCUT2D eigenvalue weighted by Gasteiger charge is 2.08. The lowest BCUT2D eigenvalue weighted by molar-refractivity contribution is 0.354. The highest BCUT2D eigenvalue weighted by molar-refractivity contribution is 5.92. The van der Waals surface area contributed by atoms with E-state index in [1.54, 1.807) is 14.2 Å². The summed E-state index contributed by atoms with van der Waals surface area (Å²) >= 11 is 0. The molecule has 0 heterocycles. The van der Waals surface area contributed by atoms with Gasteiger partial charge in [0.25, 0.3) is 0 Å². The summed E-state index contributed by atoms with van der Waals surface area (Å²) in [4.78, 5) is 4.48. The van der Waals surface area contributed by atoms with Crippen LogP contribution in [-0.2, 0) is 6.42 Å². The molecule has 140 valence electrons. The standard InChI is InChI=1S/C21H29N3O2/c1-14-8-15(2)11-18(10-14)24-21(22)23-13-16(3)9-17-6-7-19(25-4)20(12-17)26-5/h6-8,10-12,16H,9,13H2,1-5H3,(H3,22,23,24). The molecule has 2 aromatic rings. The molecule has 0 aromatic heterocycles. The number of nitrogens with two attached hydrogens (primary N) is 1. The quantitative estimate of drug-likeness (QED) is 0.583. The third-order valence-corrected chi connectivity index (χ3v) is 4.10. The summed E-state index contributed by atoms with van der Waals surface area (Å²) in [7, 11) is 3.29. The molecule has 0 aliphatic heterocycles. The van der Waals surface area contributed by atoms with Crippen LogP contribution in [0.2, 0.25) is 0 Å². The third-order valence-electron chi connectivity index (χ3n) is 4.10. The lowest BCUT2D eigenvalue weighted by atomic mass is 10.0. The van der Waals surface area contributed by atoms with Gasteiger partial charge in [0.05, 0.1) is 14.2 Å². The summed E-state index contributed by atoms with van der Waals surface area (Å²) < 4.78 is 10.6. The molecule has 3 N–H and O–H groups in total. The summed E-state index contributed by atoms with van der Waals surface area (Å²) in [6.45, 7) is 6.94. The molecule has 0 saturated heterocycles. The zero-order valence-corrected chi connectivity index (χ0v) is 16.3. The van der Waals surface area contributed by atoms with Crippen molar-refractivity contribution in [2.24, 2.45) is 16.6 Å². The van der Waals surface area contributed by atoms with Crippen molar-refractivity contribution >= 4 is 11.6 Å². The lowest BCUT2D eigenvalue weighted by Gasteiger charge is -2.13. The van der Waals surface area contributed by atoms with E-state index in [1.165, 1.54) is 16.7 Å². The second kappa shape index (κ2) is 9.13. The predicted octanol–water partition coefficient (Wildman–Crippen LogP) is 3.93. The minimum atomic E-state index is 0.354. The molecule has 1 unspecified atom stereocenters. The second-order valence-corrected chi connectivity index (χ2v) is 6.73. The molecule has 0 aliphatic carbocycles. The van der Waals surface area contributed by atoms with Gasteiger partial charge < -0.3 is 20.5 Å². The van der Waals surface area contributed by atoms with Gasteiger partial charge in [-0.3, -0.25) is 4.99 Å². The number of hydrogen-bond acceptors (Lipinski definition) is 3. The lowest BCUT2D eigenvalue weighted by Crippen LogP contribution is -2.24. The van der Waals surface area contributed by atoms with Crippen molar-refractivity contribution in [1.82, 2.24) is 0 Å².